The minimum Gasteiger partial charge on any atom is -0.378 e. The molecule has 33 heavy (non-hydrogen) atoms. The number of nitrogens with one attached hydrogen (secondary N) is 1. The van der Waals surface area contributed by atoms with Gasteiger partial charge < -0.3 is 20.2 Å². The Morgan fingerprint density at radius 2 is 1.48 bits per heavy atom. The molecular weight excluding hydrogens is 435 g/mol. The molecule has 0 aromatic heterocycles. The molecule has 0 saturated carbocycles. The number of anilines is 1. The lowest BCUT2D eigenvalue weighted by Gasteiger charge is -2.39. The SMILES string of the molecule is O=C(Nc1ccc(C(F)(F)F)cc1)N1CCC2(CCN(C(=O)[C@H](O)c3ccccc3)CC2)C1. The summed E-state index contributed by atoms with van der Waals surface area (Å²) < 4.78 is 38.1. The molecule has 2 heterocycles. The van der Waals surface area contributed by atoms with E-state index in [1.54, 1.807) is 34.1 Å². The van der Waals surface area contributed by atoms with Gasteiger partial charge in [0.25, 0.3) is 5.91 Å². The van der Waals surface area contributed by atoms with Crippen molar-refractivity contribution in [3.05, 3.63) is 65.7 Å². The number of halogens is 3. The Kier molecular flexibility index (Phi) is 6.34. The summed E-state index contributed by atoms with van der Waals surface area (Å²) >= 11 is 0. The Morgan fingerprint density at radius 1 is 0.909 bits per heavy atom. The maximum Gasteiger partial charge on any atom is 0.416 e. The van der Waals surface area contributed by atoms with Gasteiger partial charge in [-0.2, -0.15) is 13.2 Å². The third-order valence-electron chi connectivity index (χ3n) is 6.67. The molecule has 2 N–H and O–H groups in total. The molecule has 2 aliphatic heterocycles. The van der Waals surface area contributed by atoms with E-state index in [0.717, 1.165) is 31.4 Å². The van der Waals surface area contributed by atoms with Crippen LogP contribution >= 0.6 is 0 Å². The van der Waals surface area contributed by atoms with E-state index in [9.17, 15) is 27.9 Å². The number of amides is 3. The second-order valence-corrected chi connectivity index (χ2v) is 8.82. The fraction of sp³-hybridized carbons (Fsp3) is 0.417. The summed E-state index contributed by atoms with van der Waals surface area (Å²) in [6.45, 7) is 2.10. The summed E-state index contributed by atoms with van der Waals surface area (Å²) in [5.41, 5.74) is 0.0183. The third kappa shape index (κ3) is 5.13. The summed E-state index contributed by atoms with van der Waals surface area (Å²) in [7, 11) is 0. The van der Waals surface area contributed by atoms with Crippen LogP contribution in [0.4, 0.5) is 23.7 Å². The Labute approximate surface area is 190 Å². The highest BCUT2D eigenvalue weighted by Gasteiger charge is 2.43. The number of hydrogen-bond acceptors (Lipinski definition) is 3. The van der Waals surface area contributed by atoms with E-state index >= 15 is 0 Å². The molecule has 0 bridgehead atoms. The number of carbonyl (C=O) groups excluding carboxylic acids is 2. The van der Waals surface area contributed by atoms with Gasteiger partial charge in [0, 0.05) is 31.9 Å². The molecule has 6 nitrogen and oxygen atoms in total. The van der Waals surface area contributed by atoms with Crippen LogP contribution < -0.4 is 5.32 Å². The van der Waals surface area contributed by atoms with Crippen molar-refractivity contribution in [2.75, 3.05) is 31.5 Å². The molecule has 1 atom stereocenters. The first-order valence-corrected chi connectivity index (χ1v) is 10.9. The molecule has 176 valence electrons. The second kappa shape index (κ2) is 9.05. The van der Waals surface area contributed by atoms with Crippen molar-refractivity contribution in [2.45, 2.75) is 31.5 Å². The number of aliphatic hydroxyl groups is 1. The maximum absolute atomic E-state index is 12.7. The van der Waals surface area contributed by atoms with Crippen LogP contribution in [-0.4, -0.2) is 53.0 Å². The maximum atomic E-state index is 12.7. The van der Waals surface area contributed by atoms with Crippen LogP contribution in [0.5, 0.6) is 0 Å². The largest absolute Gasteiger partial charge is 0.416 e. The predicted molar refractivity (Wildman–Crippen MR) is 116 cm³/mol. The minimum absolute atomic E-state index is 0.0913. The summed E-state index contributed by atoms with van der Waals surface area (Å²) in [5.74, 6) is -0.314. The lowest BCUT2D eigenvalue weighted by molar-refractivity contribution is -0.143. The molecule has 2 aliphatic rings. The molecule has 0 radical (unpaired) electrons. The van der Waals surface area contributed by atoms with Gasteiger partial charge >= 0.3 is 12.2 Å². The molecule has 4 rings (SSSR count). The van der Waals surface area contributed by atoms with E-state index in [1.165, 1.54) is 12.1 Å². The molecule has 2 fully saturated rings. The quantitative estimate of drug-likeness (QED) is 0.717. The zero-order valence-corrected chi connectivity index (χ0v) is 18.0. The first-order valence-electron chi connectivity index (χ1n) is 10.9. The molecule has 9 heteroatoms. The normalized spacial score (nSPS) is 18.9. The van der Waals surface area contributed by atoms with Gasteiger partial charge in [-0.05, 0) is 54.5 Å². The van der Waals surface area contributed by atoms with E-state index in [1.807, 2.05) is 6.07 Å². The fourth-order valence-electron chi connectivity index (χ4n) is 4.61. The van der Waals surface area contributed by atoms with Gasteiger partial charge in [-0.25, -0.2) is 4.79 Å². The zero-order valence-electron chi connectivity index (χ0n) is 18.0. The van der Waals surface area contributed by atoms with Crippen LogP contribution in [0.15, 0.2) is 54.6 Å². The highest BCUT2D eigenvalue weighted by atomic mass is 19.4. The zero-order chi connectivity index (χ0) is 23.6. The van der Waals surface area contributed by atoms with Crippen LogP contribution in [-0.2, 0) is 11.0 Å². The first kappa shape index (κ1) is 23.1. The Morgan fingerprint density at radius 3 is 2.06 bits per heavy atom. The topological polar surface area (TPSA) is 72.9 Å². The predicted octanol–water partition coefficient (Wildman–Crippen LogP) is 4.29. The number of benzene rings is 2. The van der Waals surface area contributed by atoms with Crippen molar-refractivity contribution < 1.29 is 27.9 Å². The standard InChI is InChI=1S/C24H26F3N3O3/c25-24(26,27)18-6-8-19(9-7-18)28-22(33)30-15-12-23(16-30)10-13-29(14-11-23)21(32)20(31)17-4-2-1-3-5-17/h1-9,20,31H,10-16H2,(H,28,33)/t20-/m1/s1. The Balaban J connectivity index is 1.30. The molecule has 3 amide bonds. The van der Waals surface area contributed by atoms with Gasteiger partial charge in [0.1, 0.15) is 0 Å². The second-order valence-electron chi connectivity index (χ2n) is 8.82. The van der Waals surface area contributed by atoms with E-state index < -0.39 is 17.8 Å². The molecule has 2 aromatic rings. The van der Waals surface area contributed by atoms with Crippen molar-refractivity contribution in [1.29, 1.82) is 0 Å². The van der Waals surface area contributed by atoms with Crippen molar-refractivity contribution in [3.8, 4) is 0 Å². The van der Waals surface area contributed by atoms with Gasteiger partial charge in [-0.15, -0.1) is 0 Å². The number of piperidine rings is 1. The van der Waals surface area contributed by atoms with Crippen LogP contribution in [0, 0.1) is 5.41 Å². The van der Waals surface area contributed by atoms with Crippen molar-refractivity contribution in [3.63, 3.8) is 0 Å². The lowest BCUT2D eigenvalue weighted by atomic mass is 9.77. The van der Waals surface area contributed by atoms with Crippen LogP contribution in [0.1, 0.15) is 36.5 Å². The summed E-state index contributed by atoms with van der Waals surface area (Å²) in [5, 5.41) is 13.1. The monoisotopic (exact) mass is 461 g/mol. The highest BCUT2D eigenvalue weighted by Crippen LogP contribution is 2.41. The van der Waals surface area contributed by atoms with Crippen molar-refractivity contribution in [1.82, 2.24) is 9.80 Å². The fourth-order valence-corrected chi connectivity index (χ4v) is 4.61. The number of alkyl halides is 3. The van der Waals surface area contributed by atoms with Gasteiger partial charge in [0.05, 0.1) is 5.56 Å². The third-order valence-corrected chi connectivity index (χ3v) is 6.67. The van der Waals surface area contributed by atoms with E-state index in [2.05, 4.69) is 5.32 Å². The highest BCUT2D eigenvalue weighted by molar-refractivity contribution is 5.89. The van der Waals surface area contributed by atoms with Crippen molar-refractivity contribution >= 4 is 17.6 Å². The van der Waals surface area contributed by atoms with Crippen LogP contribution in [0.25, 0.3) is 0 Å². The van der Waals surface area contributed by atoms with Crippen LogP contribution in [0.3, 0.4) is 0 Å². The lowest BCUT2D eigenvalue weighted by Crippen LogP contribution is -2.46. The van der Waals surface area contributed by atoms with Crippen molar-refractivity contribution in [2.24, 2.45) is 5.41 Å². The Bertz CT molecular complexity index is 988. The molecule has 2 saturated heterocycles. The molecule has 0 aliphatic carbocycles. The summed E-state index contributed by atoms with van der Waals surface area (Å²) in [4.78, 5) is 28.7. The van der Waals surface area contributed by atoms with Gasteiger partial charge in [0.15, 0.2) is 6.10 Å². The smallest absolute Gasteiger partial charge is 0.378 e. The average molecular weight is 461 g/mol. The van der Waals surface area contributed by atoms with E-state index in [0.29, 0.717) is 37.4 Å². The number of likely N-dealkylation sites (tertiary alicyclic amines) is 2. The summed E-state index contributed by atoms with van der Waals surface area (Å²) in [6, 6.07) is 12.9. The first-order chi connectivity index (χ1) is 15.7. The summed E-state index contributed by atoms with van der Waals surface area (Å²) in [6.07, 6.45) is -3.35. The number of nitrogens with zero attached hydrogens (tertiary/aromatic N) is 2. The number of aliphatic hydroxyl groups excluding tert-OH is 1. The van der Waals surface area contributed by atoms with E-state index in [-0.39, 0.29) is 17.4 Å². The number of urea groups is 1. The number of hydrogen-bond donors (Lipinski definition) is 2. The van der Waals surface area contributed by atoms with Gasteiger partial charge in [-0.1, -0.05) is 30.3 Å². The molecular formula is C24H26F3N3O3. The Hall–Kier alpha value is -3.07. The van der Waals surface area contributed by atoms with E-state index in [4.69, 9.17) is 0 Å². The van der Waals surface area contributed by atoms with Crippen LogP contribution in [0.2, 0.25) is 0 Å². The van der Waals surface area contributed by atoms with Gasteiger partial charge in [0.2, 0.25) is 0 Å². The number of rotatable bonds is 3. The average Bonchev–Trinajstić information content (AvgIpc) is 3.22. The molecule has 1 spiro atoms. The minimum atomic E-state index is -4.42. The van der Waals surface area contributed by atoms with Gasteiger partial charge in [-0.3, -0.25) is 4.79 Å². The number of carbonyl (C=O) groups is 2. The molecule has 0 unspecified atom stereocenters. The molecule has 2 aromatic carbocycles.